The summed E-state index contributed by atoms with van der Waals surface area (Å²) in [5.41, 5.74) is 7.09. The van der Waals surface area contributed by atoms with Crippen molar-refractivity contribution in [1.29, 1.82) is 0 Å². The molecule has 0 amide bonds. The van der Waals surface area contributed by atoms with E-state index in [1.807, 2.05) is 6.07 Å². The third-order valence-electron chi connectivity index (χ3n) is 4.60. The number of anilines is 1. The summed E-state index contributed by atoms with van der Waals surface area (Å²) in [5.74, 6) is 3.93. The van der Waals surface area contributed by atoms with Gasteiger partial charge in [-0.25, -0.2) is 9.97 Å². The average molecular weight is 245 g/mol. The van der Waals surface area contributed by atoms with Gasteiger partial charge in [0.1, 0.15) is 11.6 Å². The number of rotatable bonds is 1. The van der Waals surface area contributed by atoms with Crippen molar-refractivity contribution in [2.24, 2.45) is 11.8 Å². The maximum absolute atomic E-state index is 5.97. The molecule has 0 radical (unpaired) electrons. The Kier molecular flexibility index (Phi) is 2.61. The minimum atomic E-state index is 0.0451. The molecule has 3 atom stereocenters. The SMILES string of the molecule is CC(C)(C)c1cc(N)nc(C2CC3CCC2C3)n1. The number of hydrogen-bond acceptors (Lipinski definition) is 3. The zero-order valence-electron chi connectivity index (χ0n) is 11.6. The fraction of sp³-hybridized carbons (Fsp3) is 0.733. The molecule has 98 valence electrons. The Bertz CT molecular complexity index is 461. The van der Waals surface area contributed by atoms with Crippen molar-refractivity contribution in [3.63, 3.8) is 0 Å². The molecular formula is C15H23N3. The molecule has 2 aliphatic rings. The van der Waals surface area contributed by atoms with Gasteiger partial charge in [-0.2, -0.15) is 0 Å². The summed E-state index contributed by atoms with van der Waals surface area (Å²) in [6, 6.07) is 1.93. The lowest BCUT2D eigenvalue weighted by molar-refractivity contribution is 0.402. The largest absolute Gasteiger partial charge is 0.384 e. The first-order chi connectivity index (χ1) is 8.43. The summed E-state index contributed by atoms with van der Waals surface area (Å²) in [6.45, 7) is 6.54. The standard InChI is InChI=1S/C15H23N3/c1-15(2,3)12-8-13(16)18-14(17-12)11-7-9-4-5-10(11)6-9/h8-11H,4-7H2,1-3H3,(H2,16,17,18). The first-order valence-electron chi connectivity index (χ1n) is 7.08. The highest BCUT2D eigenvalue weighted by Crippen LogP contribution is 2.52. The fourth-order valence-corrected chi connectivity index (χ4v) is 3.60. The topological polar surface area (TPSA) is 51.8 Å². The normalized spacial score (nSPS) is 30.9. The summed E-state index contributed by atoms with van der Waals surface area (Å²) in [4.78, 5) is 9.33. The van der Waals surface area contributed by atoms with Crippen LogP contribution in [0.4, 0.5) is 5.82 Å². The molecule has 1 aromatic heterocycles. The van der Waals surface area contributed by atoms with E-state index in [0.29, 0.717) is 11.7 Å². The summed E-state index contributed by atoms with van der Waals surface area (Å²) < 4.78 is 0. The van der Waals surface area contributed by atoms with Gasteiger partial charge < -0.3 is 5.73 Å². The van der Waals surface area contributed by atoms with Gasteiger partial charge in [0.25, 0.3) is 0 Å². The minimum absolute atomic E-state index is 0.0451. The predicted molar refractivity (Wildman–Crippen MR) is 73.3 cm³/mol. The van der Waals surface area contributed by atoms with Crippen LogP contribution in [0.2, 0.25) is 0 Å². The zero-order valence-corrected chi connectivity index (χ0v) is 11.6. The number of nitrogens with two attached hydrogens (primary N) is 1. The van der Waals surface area contributed by atoms with Crippen LogP contribution in [0, 0.1) is 11.8 Å². The third-order valence-corrected chi connectivity index (χ3v) is 4.60. The third kappa shape index (κ3) is 2.00. The Morgan fingerprint density at radius 3 is 2.50 bits per heavy atom. The molecule has 3 nitrogen and oxygen atoms in total. The van der Waals surface area contributed by atoms with Crippen molar-refractivity contribution in [1.82, 2.24) is 9.97 Å². The van der Waals surface area contributed by atoms with Crippen LogP contribution in [-0.2, 0) is 5.41 Å². The lowest BCUT2D eigenvalue weighted by Gasteiger charge is -2.24. The predicted octanol–water partition coefficient (Wildman–Crippen LogP) is 3.26. The first-order valence-corrected chi connectivity index (χ1v) is 7.08. The maximum Gasteiger partial charge on any atom is 0.134 e. The minimum Gasteiger partial charge on any atom is -0.384 e. The van der Waals surface area contributed by atoms with Gasteiger partial charge in [0.15, 0.2) is 0 Å². The Morgan fingerprint density at radius 2 is 1.94 bits per heavy atom. The van der Waals surface area contributed by atoms with Crippen LogP contribution in [0.5, 0.6) is 0 Å². The molecule has 3 unspecified atom stereocenters. The second-order valence-electron chi connectivity index (χ2n) is 7.07. The summed E-state index contributed by atoms with van der Waals surface area (Å²) in [7, 11) is 0. The van der Waals surface area contributed by atoms with Gasteiger partial charge in [-0.15, -0.1) is 0 Å². The van der Waals surface area contributed by atoms with E-state index in [1.165, 1.54) is 25.7 Å². The molecule has 1 aromatic rings. The Balaban J connectivity index is 1.95. The quantitative estimate of drug-likeness (QED) is 0.826. The molecule has 0 spiro atoms. The summed E-state index contributed by atoms with van der Waals surface area (Å²) in [6.07, 6.45) is 5.43. The van der Waals surface area contributed by atoms with E-state index >= 15 is 0 Å². The van der Waals surface area contributed by atoms with Crippen LogP contribution < -0.4 is 5.73 Å². The molecular weight excluding hydrogens is 222 g/mol. The summed E-state index contributed by atoms with van der Waals surface area (Å²) >= 11 is 0. The summed E-state index contributed by atoms with van der Waals surface area (Å²) in [5, 5.41) is 0. The van der Waals surface area contributed by atoms with E-state index in [-0.39, 0.29) is 5.41 Å². The molecule has 0 aliphatic heterocycles. The van der Waals surface area contributed by atoms with Gasteiger partial charge in [-0.1, -0.05) is 27.2 Å². The first kappa shape index (κ1) is 11.9. The molecule has 2 aliphatic carbocycles. The fourth-order valence-electron chi connectivity index (χ4n) is 3.60. The lowest BCUT2D eigenvalue weighted by atomic mass is 9.87. The van der Waals surface area contributed by atoms with E-state index in [2.05, 4.69) is 25.8 Å². The van der Waals surface area contributed by atoms with Gasteiger partial charge in [0.2, 0.25) is 0 Å². The molecule has 3 heteroatoms. The second kappa shape index (κ2) is 3.94. The Morgan fingerprint density at radius 1 is 1.17 bits per heavy atom. The number of aromatic nitrogens is 2. The molecule has 0 aromatic carbocycles. The van der Waals surface area contributed by atoms with Crippen molar-refractivity contribution in [2.75, 3.05) is 5.73 Å². The molecule has 2 saturated carbocycles. The van der Waals surface area contributed by atoms with E-state index in [0.717, 1.165) is 23.4 Å². The zero-order chi connectivity index (χ0) is 12.9. The molecule has 18 heavy (non-hydrogen) atoms. The van der Waals surface area contributed by atoms with E-state index in [9.17, 15) is 0 Å². The average Bonchev–Trinajstić information content (AvgIpc) is 2.88. The van der Waals surface area contributed by atoms with Gasteiger partial charge in [-0.3, -0.25) is 0 Å². The van der Waals surface area contributed by atoms with Crippen molar-refractivity contribution in [3.8, 4) is 0 Å². The van der Waals surface area contributed by atoms with Crippen LogP contribution in [0.3, 0.4) is 0 Å². The molecule has 0 saturated heterocycles. The lowest BCUT2D eigenvalue weighted by Crippen LogP contribution is -2.19. The van der Waals surface area contributed by atoms with Gasteiger partial charge in [0.05, 0.1) is 5.69 Å². The van der Waals surface area contributed by atoms with Crippen molar-refractivity contribution >= 4 is 5.82 Å². The molecule has 3 rings (SSSR count). The van der Waals surface area contributed by atoms with E-state index < -0.39 is 0 Å². The van der Waals surface area contributed by atoms with Crippen molar-refractivity contribution < 1.29 is 0 Å². The molecule has 2 N–H and O–H groups in total. The number of nitrogens with zero attached hydrogens (tertiary/aromatic N) is 2. The highest BCUT2D eigenvalue weighted by atomic mass is 15.0. The number of fused-ring (bicyclic) bond motifs is 2. The van der Waals surface area contributed by atoms with Crippen LogP contribution in [0.1, 0.15) is 63.9 Å². The van der Waals surface area contributed by atoms with Crippen LogP contribution in [0.15, 0.2) is 6.07 Å². The van der Waals surface area contributed by atoms with Crippen molar-refractivity contribution in [2.45, 2.75) is 57.8 Å². The van der Waals surface area contributed by atoms with Crippen LogP contribution >= 0.6 is 0 Å². The van der Waals surface area contributed by atoms with Crippen molar-refractivity contribution in [3.05, 3.63) is 17.6 Å². The van der Waals surface area contributed by atoms with Crippen LogP contribution in [0.25, 0.3) is 0 Å². The van der Waals surface area contributed by atoms with Gasteiger partial charge in [-0.05, 0) is 31.1 Å². The second-order valence-corrected chi connectivity index (χ2v) is 7.07. The van der Waals surface area contributed by atoms with Crippen LogP contribution in [-0.4, -0.2) is 9.97 Å². The van der Waals surface area contributed by atoms with Gasteiger partial charge in [0, 0.05) is 17.4 Å². The molecule has 1 heterocycles. The van der Waals surface area contributed by atoms with E-state index in [1.54, 1.807) is 0 Å². The smallest absolute Gasteiger partial charge is 0.134 e. The Hall–Kier alpha value is -1.12. The Labute approximate surface area is 109 Å². The maximum atomic E-state index is 5.97. The van der Waals surface area contributed by atoms with Gasteiger partial charge >= 0.3 is 0 Å². The monoisotopic (exact) mass is 245 g/mol. The number of hydrogen-bond donors (Lipinski definition) is 1. The highest BCUT2D eigenvalue weighted by Gasteiger charge is 2.41. The number of nitrogen functional groups attached to an aromatic ring is 1. The molecule has 2 fully saturated rings. The van der Waals surface area contributed by atoms with E-state index in [4.69, 9.17) is 10.7 Å². The highest BCUT2D eigenvalue weighted by molar-refractivity contribution is 5.33. The molecule has 2 bridgehead atoms.